The Bertz CT molecular complexity index is 419. The molecule has 0 spiro atoms. The predicted octanol–water partition coefficient (Wildman–Crippen LogP) is 1.76. The summed E-state index contributed by atoms with van der Waals surface area (Å²) in [4.78, 5) is 14.1. The van der Waals surface area contributed by atoms with E-state index in [2.05, 4.69) is 5.32 Å². The van der Waals surface area contributed by atoms with Crippen molar-refractivity contribution in [2.45, 2.75) is 31.9 Å². The van der Waals surface area contributed by atoms with Crippen LogP contribution in [0, 0.1) is 0 Å². The number of aliphatic hydroxyl groups excluding tert-OH is 1. The van der Waals surface area contributed by atoms with Crippen molar-refractivity contribution in [2.24, 2.45) is 0 Å². The van der Waals surface area contributed by atoms with E-state index in [0.717, 1.165) is 31.5 Å². The Morgan fingerprint density at radius 1 is 1.29 bits per heavy atom. The molecule has 1 aromatic carbocycles. The molecule has 0 saturated carbocycles. The summed E-state index contributed by atoms with van der Waals surface area (Å²) in [7, 11) is 0. The first kappa shape index (κ1) is 15.8. The quantitative estimate of drug-likeness (QED) is 0.838. The Hall–Kier alpha value is -1.59. The van der Waals surface area contributed by atoms with E-state index in [0.29, 0.717) is 19.6 Å². The largest absolute Gasteiger partial charge is 0.445 e. The maximum absolute atomic E-state index is 12.3. The smallest absolute Gasteiger partial charge is 0.410 e. The van der Waals surface area contributed by atoms with Gasteiger partial charge in [-0.1, -0.05) is 30.3 Å². The summed E-state index contributed by atoms with van der Waals surface area (Å²) < 4.78 is 5.43. The van der Waals surface area contributed by atoms with Crippen LogP contribution in [0.15, 0.2) is 30.3 Å². The van der Waals surface area contributed by atoms with E-state index in [4.69, 9.17) is 9.84 Å². The highest BCUT2D eigenvalue weighted by atomic mass is 16.6. The first-order chi connectivity index (χ1) is 10.3. The van der Waals surface area contributed by atoms with Crippen LogP contribution in [0.3, 0.4) is 0 Å². The molecule has 1 amide bonds. The van der Waals surface area contributed by atoms with Crippen LogP contribution in [0.1, 0.15) is 24.8 Å². The van der Waals surface area contributed by atoms with Gasteiger partial charge in [-0.15, -0.1) is 0 Å². The lowest BCUT2D eigenvalue weighted by atomic mass is 10.1. The van der Waals surface area contributed by atoms with Crippen molar-refractivity contribution in [2.75, 3.05) is 26.2 Å². The van der Waals surface area contributed by atoms with Crippen molar-refractivity contribution in [3.05, 3.63) is 35.9 Å². The van der Waals surface area contributed by atoms with Gasteiger partial charge in [-0.3, -0.25) is 0 Å². The summed E-state index contributed by atoms with van der Waals surface area (Å²) >= 11 is 0. The second-order valence-corrected chi connectivity index (χ2v) is 5.29. The van der Waals surface area contributed by atoms with Gasteiger partial charge in [-0.2, -0.15) is 0 Å². The van der Waals surface area contributed by atoms with Crippen molar-refractivity contribution < 1.29 is 14.6 Å². The molecule has 0 bridgehead atoms. The molecule has 1 aromatic rings. The van der Waals surface area contributed by atoms with Crippen LogP contribution < -0.4 is 5.32 Å². The maximum Gasteiger partial charge on any atom is 0.410 e. The predicted molar refractivity (Wildman–Crippen MR) is 80.9 cm³/mol. The van der Waals surface area contributed by atoms with E-state index in [1.807, 2.05) is 30.3 Å². The average Bonchev–Trinajstić information content (AvgIpc) is 2.55. The van der Waals surface area contributed by atoms with Gasteiger partial charge in [0, 0.05) is 19.2 Å². The molecule has 1 aliphatic heterocycles. The molecular weight excluding hydrogens is 268 g/mol. The molecule has 116 valence electrons. The van der Waals surface area contributed by atoms with Crippen LogP contribution in [0.25, 0.3) is 0 Å². The van der Waals surface area contributed by atoms with E-state index in [1.165, 1.54) is 0 Å². The monoisotopic (exact) mass is 292 g/mol. The molecule has 2 N–H and O–H groups in total. The van der Waals surface area contributed by atoms with Crippen molar-refractivity contribution in [3.63, 3.8) is 0 Å². The van der Waals surface area contributed by atoms with Crippen molar-refractivity contribution >= 4 is 6.09 Å². The summed E-state index contributed by atoms with van der Waals surface area (Å²) in [5, 5.41) is 12.3. The highest BCUT2D eigenvalue weighted by molar-refractivity contribution is 5.68. The zero-order chi connectivity index (χ0) is 14.9. The van der Waals surface area contributed by atoms with Gasteiger partial charge in [0.15, 0.2) is 0 Å². The van der Waals surface area contributed by atoms with E-state index in [9.17, 15) is 4.79 Å². The lowest BCUT2D eigenvalue weighted by Crippen LogP contribution is -2.46. The average molecular weight is 292 g/mol. The normalized spacial score (nSPS) is 15.7. The van der Waals surface area contributed by atoms with E-state index in [-0.39, 0.29) is 18.7 Å². The summed E-state index contributed by atoms with van der Waals surface area (Å²) in [6, 6.07) is 9.89. The fourth-order valence-electron chi connectivity index (χ4n) is 2.58. The molecule has 0 atom stereocenters. The first-order valence-corrected chi connectivity index (χ1v) is 7.60. The number of carbonyl (C=O) groups is 1. The summed E-state index contributed by atoms with van der Waals surface area (Å²) in [5.74, 6) is 0. The molecule has 21 heavy (non-hydrogen) atoms. The highest BCUT2D eigenvalue weighted by Crippen LogP contribution is 2.14. The molecule has 5 heteroatoms. The van der Waals surface area contributed by atoms with Crippen LogP contribution >= 0.6 is 0 Å². The number of rotatable bonds is 6. The molecule has 1 saturated heterocycles. The van der Waals surface area contributed by atoms with Gasteiger partial charge in [0.1, 0.15) is 6.61 Å². The van der Waals surface area contributed by atoms with E-state index >= 15 is 0 Å². The third-order valence-corrected chi connectivity index (χ3v) is 3.75. The van der Waals surface area contributed by atoms with Crippen LogP contribution in [-0.2, 0) is 11.3 Å². The van der Waals surface area contributed by atoms with Crippen molar-refractivity contribution in [1.82, 2.24) is 10.2 Å². The number of benzene rings is 1. The second kappa shape index (κ2) is 8.64. The Kier molecular flexibility index (Phi) is 6.50. The van der Waals surface area contributed by atoms with Crippen molar-refractivity contribution in [1.29, 1.82) is 0 Å². The number of nitrogens with one attached hydrogen (secondary N) is 1. The summed E-state index contributed by atoms with van der Waals surface area (Å²) in [6.07, 6.45) is 2.18. The third kappa shape index (κ3) is 5.02. The zero-order valence-electron chi connectivity index (χ0n) is 12.3. The minimum atomic E-state index is -0.279. The van der Waals surface area contributed by atoms with E-state index < -0.39 is 0 Å². The minimum absolute atomic E-state index is 0.0907. The Morgan fingerprint density at radius 3 is 2.67 bits per heavy atom. The molecule has 1 aliphatic rings. The molecule has 0 unspecified atom stereocenters. The third-order valence-electron chi connectivity index (χ3n) is 3.75. The van der Waals surface area contributed by atoms with Crippen LogP contribution in [-0.4, -0.2) is 48.4 Å². The number of piperidine rings is 1. The number of hydrogen-bond donors (Lipinski definition) is 2. The van der Waals surface area contributed by atoms with Gasteiger partial charge < -0.3 is 20.1 Å². The van der Waals surface area contributed by atoms with Gasteiger partial charge in [-0.25, -0.2) is 4.79 Å². The number of amides is 1. The van der Waals surface area contributed by atoms with Gasteiger partial charge in [0.2, 0.25) is 0 Å². The molecule has 5 nitrogen and oxygen atoms in total. The molecule has 0 aliphatic carbocycles. The number of nitrogens with zero attached hydrogens (tertiary/aromatic N) is 1. The lowest BCUT2D eigenvalue weighted by Gasteiger charge is -2.33. The van der Waals surface area contributed by atoms with E-state index in [1.54, 1.807) is 4.90 Å². The fourth-order valence-corrected chi connectivity index (χ4v) is 2.58. The van der Waals surface area contributed by atoms with Gasteiger partial charge in [0.05, 0.1) is 0 Å². The fraction of sp³-hybridized carbons (Fsp3) is 0.562. The Morgan fingerprint density at radius 2 is 2.00 bits per heavy atom. The molecule has 0 aromatic heterocycles. The second-order valence-electron chi connectivity index (χ2n) is 5.29. The first-order valence-electron chi connectivity index (χ1n) is 7.60. The number of ether oxygens (including phenoxy) is 1. The Labute approximate surface area is 125 Å². The highest BCUT2D eigenvalue weighted by Gasteiger charge is 2.25. The molecule has 2 rings (SSSR count). The Balaban J connectivity index is 1.90. The zero-order valence-corrected chi connectivity index (χ0v) is 12.3. The summed E-state index contributed by atoms with van der Waals surface area (Å²) in [5.41, 5.74) is 0.985. The number of hydrogen-bond acceptors (Lipinski definition) is 4. The lowest BCUT2D eigenvalue weighted by molar-refractivity contribution is 0.0704. The van der Waals surface area contributed by atoms with Crippen LogP contribution in [0.5, 0.6) is 0 Å². The molecule has 0 radical (unpaired) electrons. The summed E-state index contributed by atoms with van der Waals surface area (Å²) in [6.45, 7) is 2.78. The van der Waals surface area contributed by atoms with Gasteiger partial charge in [0.25, 0.3) is 0 Å². The number of carbonyl (C=O) groups excluding carboxylic acids is 1. The van der Waals surface area contributed by atoms with Crippen molar-refractivity contribution in [3.8, 4) is 0 Å². The topological polar surface area (TPSA) is 61.8 Å². The standard InChI is InChI=1S/C16H24N2O3/c19-12-4-11-18(15-7-9-17-10-8-15)16(20)21-13-14-5-2-1-3-6-14/h1-3,5-6,15,17,19H,4,7-13H2. The van der Waals surface area contributed by atoms with Gasteiger partial charge >= 0.3 is 6.09 Å². The van der Waals surface area contributed by atoms with Crippen LogP contribution in [0.4, 0.5) is 4.79 Å². The maximum atomic E-state index is 12.3. The number of aliphatic hydroxyl groups is 1. The van der Waals surface area contributed by atoms with Crippen LogP contribution in [0.2, 0.25) is 0 Å². The minimum Gasteiger partial charge on any atom is -0.445 e. The molecule has 1 heterocycles. The molecule has 1 fully saturated rings. The molecular formula is C16H24N2O3. The SMILES string of the molecule is O=C(OCc1ccccc1)N(CCCO)C1CCNCC1. The van der Waals surface area contributed by atoms with Gasteiger partial charge in [-0.05, 0) is 37.9 Å².